The Balaban J connectivity index is 1.98. The number of amides is 2. The number of thioether (sulfide) groups is 1. The van der Waals surface area contributed by atoms with Crippen LogP contribution in [-0.2, 0) is 9.59 Å². The lowest BCUT2D eigenvalue weighted by Crippen LogP contribution is -2.15. The van der Waals surface area contributed by atoms with Crippen LogP contribution in [0.2, 0.25) is 0 Å². The molecule has 5 heteroatoms. The summed E-state index contributed by atoms with van der Waals surface area (Å²) in [6.45, 7) is 5.81. The molecule has 0 aliphatic heterocycles. The van der Waals surface area contributed by atoms with Crippen molar-refractivity contribution in [2.45, 2.75) is 32.1 Å². The van der Waals surface area contributed by atoms with Gasteiger partial charge in [-0.25, -0.2) is 0 Å². The van der Waals surface area contributed by atoms with Crippen molar-refractivity contribution in [1.29, 1.82) is 0 Å². The van der Waals surface area contributed by atoms with Gasteiger partial charge in [0.1, 0.15) is 0 Å². The minimum atomic E-state index is -0.0661. The van der Waals surface area contributed by atoms with Gasteiger partial charge in [-0.05, 0) is 37.6 Å². The minimum absolute atomic E-state index is 0.0391. The summed E-state index contributed by atoms with van der Waals surface area (Å²) < 4.78 is 0. The molecule has 0 bridgehead atoms. The third-order valence-corrected chi connectivity index (χ3v) is 4.57. The lowest BCUT2D eigenvalue weighted by atomic mass is 10.1. The summed E-state index contributed by atoms with van der Waals surface area (Å²) in [5.74, 6) is 0.179. The van der Waals surface area contributed by atoms with Gasteiger partial charge in [0, 0.05) is 17.0 Å². The number of hydrogen-bond donors (Lipinski definition) is 2. The monoisotopic (exact) mass is 342 g/mol. The van der Waals surface area contributed by atoms with Crippen LogP contribution in [0.5, 0.6) is 0 Å². The van der Waals surface area contributed by atoms with Crippen LogP contribution in [0.1, 0.15) is 24.5 Å². The normalized spacial score (nSPS) is 10.3. The summed E-state index contributed by atoms with van der Waals surface area (Å²) in [7, 11) is 0. The predicted octanol–water partition coefficient (Wildman–Crippen LogP) is 4.38. The van der Waals surface area contributed by atoms with Crippen molar-refractivity contribution in [2.24, 2.45) is 0 Å². The zero-order valence-corrected chi connectivity index (χ0v) is 15.0. The van der Waals surface area contributed by atoms with Crippen LogP contribution in [0.4, 0.5) is 11.4 Å². The van der Waals surface area contributed by atoms with E-state index in [9.17, 15) is 9.59 Å². The zero-order valence-electron chi connectivity index (χ0n) is 14.2. The van der Waals surface area contributed by atoms with Gasteiger partial charge in [0.15, 0.2) is 0 Å². The molecule has 2 aromatic rings. The number of rotatable bonds is 6. The first-order valence-electron chi connectivity index (χ1n) is 7.88. The van der Waals surface area contributed by atoms with Crippen LogP contribution in [0.25, 0.3) is 0 Å². The lowest BCUT2D eigenvalue weighted by molar-refractivity contribution is -0.116. The standard InChI is InChI=1S/C19H22N2O2S/c1-4-18(22)21-16-7-5-6-8-17(16)24-12-19(23)20-15-10-9-13(2)11-14(15)3/h5-11H,4,12H2,1-3H3,(H,20,23)(H,21,22). The number of carbonyl (C=O) groups excluding carboxylic acids is 2. The van der Waals surface area contributed by atoms with Crippen molar-refractivity contribution in [2.75, 3.05) is 16.4 Å². The molecule has 0 heterocycles. The molecule has 2 rings (SSSR count). The Labute approximate surface area is 147 Å². The average Bonchev–Trinajstić information content (AvgIpc) is 2.56. The fraction of sp³-hybridized carbons (Fsp3) is 0.263. The maximum Gasteiger partial charge on any atom is 0.234 e. The molecule has 2 N–H and O–H groups in total. The minimum Gasteiger partial charge on any atom is -0.325 e. The van der Waals surface area contributed by atoms with E-state index in [4.69, 9.17) is 0 Å². The van der Waals surface area contributed by atoms with Crippen molar-refractivity contribution in [3.63, 3.8) is 0 Å². The number of anilines is 2. The van der Waals surface area contributed by atoms with Gasteiger partial charge in [-0.2, -0.15) is 0 Å². The molecule has 0 aliphatic carbocycles. The van der Waals surface area contributed by atoms with Gasteiger partial charge in [0.05, 0.1) is 11.4 Å². The van der Waals surface area contributed by atoms with E-state index in [0.29, 0.717) is 6.42 Å². The van der Waals surface area contributed by atoms with Crippen molar-refractivity contribution in [3.05, 3.63) is 53.6 Å². The topological polar surface area (TPSA) is 58.2 Å². The van der Waals surface area contributed by atoms with Gasteiger partial charge >= 0.3 is 0 Å². The molecule has 0 aliphatic rings. The maximum absolute atomic E-state index is 12.2. The predicted molar refractivity (Wildman–Crippen MR) is 101 cm³/mol. The molecule has 0 saturated heterocycles. The van der Waals surface area contributed by atoms with Gasteiger partial charge in [-0.3, -0.25) is 9.59 Å². The molecular weight excluding hydrogens is 320 g/mol. The lowest BCUT2D eigenvalue weighted by Gasteiger charge is -2.11. The van der Waals surface area contributed by atoms with E-state index < -0.39 is 0 Å². The van der Waals surface area contributed by atoms with Crippen LogP contribution in [-0.4, -0.2) is 17.6 Å². The second-order valence-corrected chi connectivity index (χ2v) is 6.57. The fourth-order valence-electron chi connectivity index (χ4n) is 2.22. The molecule has 0 fully saturated rings. The molecule has 0 aromatic heterocycles. The van der Waals surface area contributed by atoms with Gasteiger partial charge in [-0.15, -0.1) is 11.8 Å². The van der Waals surface area contributed by atoms with E-state index in [1.165, 1.54) is 17.3 Å². The highest BCUT2D eigenvalue weighted by Crippen LogP contribution is 2.27. The highest BCUT2D eigenvalue weighted by molar-refractivity contribution is 8.00. The summed E-state index contributed by atoms with van der Waals surface area (Å²) in [4.78, 5) is 24.7. The first-order chi connectivity index (χ1) is 11.5. The summed E-state index contributed by atoms with van der Waals surface area (Å²) in [6, 6.07) is 13.4. The molecule has 126 valence electrons. The largest absolute Gasteiger partial charge is 0.325 e. The highest BCUT2D eigenvalue weighted by Gasteiger charge is 2.09. The summed E-state index contributed by atoms with van der Waals surface area (Å²) in [5, 5.41) is 5.79. The Morgan fingerprint density at radius 2 is 1.67 bits per heavy atom. The molecule has 24 heavy (non-hydrogen) atoms. The fourth-order valence-corrected chi connectivity index (χ4v) is 3.03. The number of aryl methyl sites for hydroxylation is 2. The average molecular weight is 342 g/mol. The second kappa shape index (κ2) is 8.55. The highest BCUT2D eigenvalue weighted by atomic mass is 32.2. The summed E-state index contributed by atoms with van der Waals surface area (Å²) >= 11 is 1.41. The number of nitrogens with one attached hydrogen (secondary N) is 2. The van der Waals surface area contributed by atoms with E-state index in [1.54, 1.807) is 0 Å². The molecular formula is C19H22N2O2S. The number of hydrogen-bond acceptors (Lipinski definition) is 3. The van der Waals surface area contributed by atoms with Gasteiger partial charge in [0.25, 0.3) is 0 Å². The Kier molecular flexibility index (Phi) is 6.44. The molecule has 2 aromatic carbocycles. The van der Waals surface area contributed by atoms with Crippen molar-refractivity contribution in [1.82, 2.24) is 0 Å². The van der Waals surface area contributed by atoms with Crippen LogP contribution < -0.4 is 10.6 Å². The first kappa shape index (κ1) is 18.1. The molecule has 2 amide bonds. The third-order valence-electron chi connectivity index (χ3n) is 3.50. The molecule has 0 spiro atoms. The summed E-state index contributed by atoms with van der Waals surface area (Å²) in [6.07, 6.45) is 0.423. The third kappa shape index (κ3) is 5.13. The van der Waals surface area contributed by atoms with Crippen LogP contribution in [0, 0.1) is 13.8 Å². The quantitative estimate of drug-likeness (QED) is 0.766. The smallest absolute Gasteiger partial charge is 0.234 e. The van der Waals surface area contributed by atoms with E-state index in [-0.39, 0.29) is 17.6 Å². The van der Waals surface area contributed by atoms with Gasteiger partial charge in [-0.1, -0.05) is 36.8 Å². The van der Waals surface area contributed by atoms with Gasteiger partial charge < -0.3 is 10.6 Å². The van der Waals surface area contributed by atoms with Gasteiger partial charge in [0.2, 0.25) is 11.8 Å². The van der Waals surface area contributed by atoms with Crippen molar-refractivity contribution >= 4 is 35.0 Å². The second-order valence-electron chi connectivity index (χ2n) is 5.55. The molecule has 0 atom stereocenters. The Hall–Kier alpha value is -2.27. The van der Waals surface area contributed by atoms with E-state index >= 15 is 0 Å². The number of benzene rings is 2. The first-order valence-corrected chi connectivity index (χ1v) is 8.87. The van der Waals surface area contributed by atoms with E-state index in [2.05, 4.69) is 10.6 Å². The Bertz CT molecular complexity index is 744. The molecule has 0 radical (unpaired) electrons. The van der Waals surface area contributed by atoms with E-state index in [0.717, 1.165) is 21.8 Å². The molecule has 0 unspecified atom stereocenters. The van der Waals surface area contributed by atoms with Crippen LogP contribution in [0.3, 0.4) is 0 Å². The Morgan fingerprint density at radius 3 is 2.38 bits per heavy atom. The van der Waals surface area contributed by atoms with Crippen molar-refractivity contribution < 1.29 is 9.59 Å². The maximum atomic E-state index is 12.2. The molecule has 4 nitrogen and oxygen atoms in total. The number of carbonyl (C=O) groups is 2. The van der Waals surface area contributed by atoms with Crippen molar-refractivity contribution in [3.8, 4) is 0 Å². The zero-order chi connectivity index (χ0) is 17.5. The number of para-hydroxylation sites is 1. The van der Waals surface area contributed by atoms with Crippen LogP contribution in [0.15, 0.2) is 47.4 Å². The Morgan fingerprint density at radius 1 is 0.958 bits per heavy atom. The molecule has 0 saturated carbocycles. The summed E-state index contributed by atoms with van der Waals surface area (Å²) in [5.41, 5.74) is 3.79. The van der Waals surface area contributed by atoms with Crippen LogP contribution >= 0.6 is 11.8 Å². The SMILES string of the molecule is CCC(=O)Nc1ccccc1SCC(=O)Nc1ccc(C)cc1C. The van der Waals surface area contributed by atoms with E-state index in [1.807, 2.05) is 63.2 Å².